The van der Waals surface area contributed by atoms with Gasteiger partial charge in [-0.3, -0.25) is 0 Å². The van der Waals surface area contributed by atoms with Gasteiger partial charge >= 0.3 is 0 Å². The van der Waals surface area contributed by atoms with Crippen LogP contribution in [0.4, 0.5) is 0 Å². The molecule has 9 heavy (non-hydrogen) atoms. The summed E-state index contributed by atoms with van der Waals surface area (Å²) >= 11 is 2.44. The molecular formula is C7H11IO. The molecule has 2 heteroatoms. The zero-order valence-corrected chi connectivity index (χ0v) is 7.50. The van der Waals surface area contributed by atoms with E-state index in [0.29, 0.717) is 10.0 Å². The summed E-state index contributed by atoms with van der Waals surface area (Å²) in [5.74, 6) is 0. The standard InChI is InChI=1S/C7H11IO/c1-2-3-7-6(8)4-5-9-7/h2,6-7H,1,3-5H2/t6-,7+/m1/s1. The first-order valence-corrected chi connectivity index (χ1v) is 4.45. The van der Waals surface area contributed by atoms with E-state index < -0.39 is 0 Å². The van der Waals surface area contributed by atoms with Crippen molar-refractivity contribution in [2.75, 3.05) is 6.61 Å². The van der Waals surface area contributed by atoms with E-state index in [2.05, 4.69) is 29.2 Å². The van der Waals surface area contributed by atoms with Crippen LogP contribution in [0, 0.1) is 0 Å². The van der Waals surface area contributed by atoms with Crippen molar-refractivity contribution in [3.63, 3.8) is 0 Å². The van der Waals surface area contributed by atoms with Crippen molar-refractivity contribution in [2.45, 2.75) is 22.9 Å². The number of halogens is 1. The summed E-state index contributed by atoms with van der Waals surface area (Å²) in [6.45, 7) is 4.61. The molecule has 1 aliphatic heterocycles. The van der Waals surface area contributed by atoms with Crippen LogP contribution in [-0.4, -0.2) is 16.6 Å². The SMILES string of the molecule is C=CC[C@@H]1OCC[C@H]1I. The molecule has 0 N–H and O–H groups in total. The topological polar surface area (TPSA) is 9.23 Å². The maximum absolute atomic E-state index is 5.43. The molecule has 0 saturated carbocycles. The maximum Gasteiger partial charge on any atom is 0.0727 e. The second-order valence-corrected chi connectivity index (χ2v) is 3.84. The molecule has 0 amide bonds. The molecule has 0 spiro atoms. The molecular weight excluding hydrogens is 227 g/mol. The quantitative estimate of drug-likeness (QED) is 0.407. The van der Waals surface area contributed by atoms with E-state index in [1.54, 1.807) is 0 Å². The third-order valence-electron chi connectivity index (χ3n) is 1.53. The largest absolute Gasteiger partial charge is 0.377 e. The summed E-state index contributed by atoms with van der Waals surface area (Å²) < 4.78 is 6.14. The molecule has 1 rings (SSSR count). The fourth-order valence-electron chi connectivity index (χ4n) is 1.00. The number of hydrogen-bond donors (Lipinski definition) is 0. The van der Waals surface area contributed by atoms with E-state index in [0.717, 1.165) is 13.0 Å². The molecule has 1 nitrogen and oxygen atoms in total. The van der Waals surface area contributed by atoms with E-state index in [1.807, 2.05) is 6.08 Å². The molecule has 2 atom stereocenters. The number of ether oxygens (including phenoxy) is 1. The summed E-state index contributed by atoms with van der Waals surface area (Å²) in [7, 11) is 0. The second kappa shape index (κ2) is 3.56. The molecule has 1 fully saturated rings. The Morgan fingerprint density at radius 3 is 3.00 bits per heavy atom. The lowest BCUT2D eigenvalue weighted by Crippen LogP contribution is -2.13. The third kappa shape index (κ3) is 1.93. The van der Waals surface area contributed by atoms with Gasteiger partial charge in [-0.05, 0) is 12.8 Å². The first-order valence-electron chi connectivity index (χ1n) is 3.21. The molecule has 0 aromatic rings. The van der Waals surface area contributed by atoms with Gasteiger partial charge in [-0.1, -0.05) is 28.7 Å². The Bertz CT molecular complexity index is 103. The third-order valence-corrected chi connectivity index (χ3v) is 2.95. The molecule has 52 valence electrons. The van der Waals surface area contributed by atoms with Crippen molar-refractivity contribution in [1.29, 1.82) is 0 Å². The van der Waals surface area contributed by atoms with Crippen molar-refractivity contribution in [2.24, 2.45) is 0 Å². The summed E-state index contributed by atoms with van der Waals surface area (Å²) in [4.78, 5) is 0. The van der Waals surface area contributed by atoms with Crippen LogP contribution < -0.4 is 0 Å². The predicted molar refractivity (Wildman–Crippen MR) is 47.0 cm³/mol. The molecule has 0 unspecified atom stereocenters. The summed E-state index contributed by atoms with van der Waals surface area (Å²) in [5, 5.41) is 0. The minimum Gasteiger partial charge on any atom is -0.377 e. The van der Waals surface area contributed by atoms with Gasteiger partial charge in [0.25, 0.3) is 0 Å². The van der Waals surface area contributed by atoms with Crippen LogP contribution in [0.25, 0.3) is 0 Å². The van der Waals surface area contributed by atoms with Crippen molar-refractivity contribution in [3.8, 4) is 0 Å². The average Bonchev–Trinajstić information content (AvgIpc) is 2.18. The molecule has 0 aliphatic carbocycles. The van der Waals surface area contributed by atoms with Crippen LogP contribution in [0.1, 0.15) is 12.8 Å². The van der Waals surface area contributed by atoms with Gasteiger partial charge in [0.05, 0.1) is 6.10 Å². The maximum atomic E-state index is 5.43. The summed E-state index contributed by atoms with van der Waals surface area (Å²) in [5.41, 5.74) is 0. The lowest BCUT2D eigenvalue weighted by molar-refractivity contribution is 0.117. The van der Waals surface area contributed by atoms with E-state index in [4.69, 9.17) is 4.74 Å². The lowest BCUT2D eigenvalue weighted by Gasteiger charge is -2.08. The van der Waals surface area contributed by atoms with Crippen molar-refractivity contribution in [3.05, 3.63) is 12.7 Å². The smallest absolute Gasteiger partial charge is 0.0727 e. The monoisotopic (exact) mass is 238 g/mol. The zero-order chi connectivity index (χ0) is 6.69. The summed E-state index contributed by atoms with van der Waals surface area (Å²) in [6.07, 6.45) is 4.59. The predicted octanol–water partition coefficient (Wildman–Crippen LogP) is 2.16. The number of hydrogen-bond acceptors (Lipinski definition) is 1. The van der Waals surface area contributed by atoms with Crippen molar-refractivity contribution >= 4 is 22.6 Å². The lowest BCUT2D eigenvalue weighted by atomic mass is 10.2. The van der Waals surface area contributed by atoms with Gasteiger partial charge in [0, 0.05) is 10.5 Å². The van der Waals surface area contributed by atoms with Crippen LogP contribution in [0.15, 0.2) is 12.7 Å². The van der Waals surface area contributed by atoms with Gasteiger partial charge in [-0.2, -0.15) is 0 Å². The first kappa shape index (κ1) is 7.54. The van der Waals surface area contributed by atoms with Gasteiger partial charge < -0.3 is 4.74 Å². The van der Waals surface area contributed by atoms with E-state index >= 15 is 0 Å². The second-order valence-electron chi connectivity index (χ2n) is 2.24. The van der Waals surface area contributed by atoms with Gasteiger partial charge in [0.1, 0.15) is 0 Å². The molecule has 0 aromatic carbocycles. The Morgan fingerprint density at radius 1 is 1.78 bits per heavy atom. The van der Waals surface area contributed by atoms with Gasteiger partial charge in [0.15, 0.2) is 0 Å². The Hall–Kier alpha value is 0.430. The molecule has 1 saturated heterocycles. The highest BCUT2D eigenvalue weighted by molar-refractivity contribution is 14.1. The average molecular weight is 238 g/mol. The Balaban J connectivity index is 2.30. The van der Waals surface area contributed by atoms with E-state index in [-0.39, 0.29) is 0 Å². The van der Waals surface area contributed by atoms with Gasteiger partial charge in [-0.15, -0.1) is 6.58 Å². The molecule has 0 bridgehead atoms. The van der Waals surface area contributed by atoms with E-state index in [9.17, 15) is 0 Å². The fraction of sp³-hybridized carbons (Fsp3) is 0.714. The van der Waals surface area contributed by atoms with Crippen molar-refractivity contribution in [1.82, 2.24) is 0 Å². The number of alkyl halides is 1. The zero-order valence-electron chi connectivity index (χ0n) is 5.35. The number of rotatable bonds is 2. The fourth-order valence-corrected chi connectivity index (χ4v) is 1.76. The highest BCUT2D eigenvalue weighted by Crippen LogP contribution is 2.23. The van der Waals surface area contributed by atoms with Crippen LogP contribution in [0.2, 0.25) is 0 Å². The highest BCUT2D eigenvalue weighted by atomic mass is 127. The first-order chi connectivity index (χ1) is 4.34. The molecule has 1 heterocycles. The van der Waals surface area contributed by atoms with Crippen LogP contribution in [0.3, 0.4) is 0 Å². The Morgan fingerprint density at radius 2 is 2.56 bits per heavy atom. The molecule has 0 radical (unpaired) electrons. The van der Waals surface area contributed by atoms with Gasteiger partial charge in [-0.25, -0.2) is 0 Å². The van der Waals surface area contributed by atoms with E-state index in [1.165, 1.54) is 6.42 Å². The van der Waals surface area contributed by atoms with Crippen LogP contribution in [-0.2, 0) is 4.74 Å². The molecule has 0 aromatic heterocycles. The summed E-state index contributed by atoms with van der Waals surface area (Å²) in [6, 6.07) is 0. The van der Waals surface area contributed by atoms with Crippen LogP contribution in [0.5, 0.6) is 0 Å². The Kier molecular flexibility index (Phi) is 2.98. The highest BCUT2D eigenvalue weighted by Gasteiger charge is 2.23. The minimum atomic E-state index is 0.447. The molecule has 1 aliphatic rings. The van der Waals surface area contributed by atoms with Crippen molar-refractivity contribution < 1.29 is 4.74 Å². The van der Waals surface area contributed by atoms with Gasteiger partial charge in [0.2, 0.25) is 0 Å². The normalized spacial score (nSPS) is 34.8. The van der Waals surface area contributed by atoms with Crippen LogP contribution >= 0.6 is 22.6 Å². The Labute approximate surface area is 69.6 Å². The minimum absolute atomic E-state index is 0.447.